The van der Waals surface area contributed by atoms with Gasteiger partial charge in [-0.2, -0.15) is 5.10 Å². The quantitative estimate of drug-likeness (QED) is 0.181. The van der Waals surface area contributed by atoms with Crippen molar-refractivity contribution < 1.29 is 22.7 Å². The van der Waals surface area contributed by atoms with Crippen LogP contribution in [0.15, 0.2) is 112 Å². The Morgan fingerprint density at radius 3 is 2.17 bits per heavy atom. The van der Waals surface area contributed by atoms with Crippen LogP contribution in [0, 0.1) is 6.92 Å². The Balaban J connectivity index is 1.37. The number of amides is 2. The number of aryl methyl sites for hydroxylation is 1. The maximum Gasteiger partial charge on any atom is 0.259 e. The molecule has 0 aliphatic carbocycles. The molecular weight excluding hydrogens is 540 g/mol. The van der Waals surface area contributed by atoms with Crippen LogP contribution in [0.25, 0.3) is 0 Å². The minimum Gasteiger partial charge on any atom is -0.493 e. The summed E-state index contributed by atoms with van der Waals surface area (Å²) in [5, 5.41) is 9.92. The molecule has 0 spiro atoms. The summed E-state index contributed by atoms with van der Waals surface area (Å²) in [7, 11) is -2.47. The third kappa shape index (κ3) is 7.17. The van der Waals surface area contributed by atoms with E-state index < -0.39 is 15.7 Å². The molecule has 0 saturated carbocycles. The Bertz CT molecular complexity index is 1670. The third-order valence-electron chi connectivity index (χ3n) is 6.19. The lowest BCUT2D eigenvalue weighted by Gasteiger charge is -2.15. The van der Waals surface area contributed by atoms with E-state index >= 15 is 0 Å². The number of nitrogens with zero attached hydrogens (tertiary/aromatic N) is 1. The minimum atomic E-state index is -3.85. The van der Waals surface area contributed by atoms with Gasteiger partial charge in [-0.25, -0.2) is 13.8 Å². The average molecular weight is 571 g/mol. The first-order chi connectivity index (χ1) is 19.7. The molecule has 0 atom stereocenters. The number of sulfone groups is 1. The zero-order chi connectivity index (χ0) is 29.4. The van der Waals surface area contributed by atoms with Gasteiger partial charge in [0.05, 0.1) is 29.9 Å². The fourth-order valence-electron chi connectivity index (χ4n) is 3.93. The van der Waals surface area contributed by atoms with Crippen LogP contribution in [0.4, 0.5) is 11.4 Å². The first-order valence-electron chi connectivity index (χ1n) is 12.7. The number of ether oxygens (including phenoxy) is 1. The molecule has 0 radical (unpaired) electrons. The second-order valence-corrected chi connectivity index (χ2v) is 11.1. The van der Waals surface area contributed by atoms with E-state index in [9.17, 15) is 18.0 Å². The van der Waals surface area contributed by atoms with Crippen LogP contribution in [0.5, 0.6) is 5.75 Å². The van der Waals surface area contributed by atoms with E-state index in [1.165, 1.54) is 13.2 Å². The molecule has 3 N–H and O–H groups in total. The van der Waals surface area contributed by atoms with Crippen LogP contribution in [-0.4, -0.2) is 39.6 Å². The van der Waals surface area contributed by atoms with Crippen molar-refractivity contribution in [3.05, 3.63) is 114 Å². The molecule has 41 heavy (non-hydrogen) atoms. The van der Waals surface area contributed by atoms with Gasteiger partial charge in [-0.05, 0) is 67.9 Å². The van der Waals surface area contributed by atoms with Crippen LogP contribution >= 0.6 is 0 Å². The van der Waals surface area contributed by atoms with Crippen molar-refractivity contribution in [2.75, 3.05) is 24.3 Å². The van der Waals surface area contributed by atoms with E-state index in [0.717, 1.165) is 11.1 Å². The zero-order valence-corrected chi connectivity index (χ0v) is 23.7. The van der Waals surface area contributed by atoms with Crippen LogP contribution in [0.3, 0.4) is 0 Å². The molecule has 0 saturated heterocycles. The molecule has 4 aromatic carbocycles. The third-order valence-corrected chi connectivity index (χ3v) is 7.98. The Morgan fingerprint density at radius 1 is 0.829 bits per heavy atom. The number of carbonyl (C=O) groups is 2. The molecular formula is C31H30N4O5S. The molecule has 4 aromatic rings. The summed E-state index contributed by atoms with van der Waals surface area (Å²) in [6.07, 6.45) is 0. The highest BCUT2D eigenvalue weighted by atomic mass is 32.2. The lowest BCUT2D eigenvalue weighted by Crippen LogP contribution is -2.27. The van der Waals surface area contributed by atoms with Crippen molar-refractivity contribution in [2.45, 2.75) is 23.6 Å². The number of anilines is 2. The number of hydrazone groups is 1. The van der Waals surface area contributed by atoms with Crippen LogP contribution in [-0.2, 0) is 14.6 Å². The van der Waals surface area contributed by atoms with Gasteiger partial charge in [0.15, 0.2) is 5.75 Å². The Hall–Kier alpha value is -4.96. The Kier molecular flexibility index (Phi) is 9.15. The second kappa shape index (κ2) is 12.9. The van der Waals surface area contributed by atoms with Crippen molar-refractivity contribution in [1.82, 2.24) is 5.43 Å². The monoisotopic (exact) mass is 570 g/mol. The molecule has 0 unspecified atom stereocenters. The van der Waals surface area contributed by atoms with Gasteiger partial charge in [-0.15, -0.1) is 0 Å². The lowest BCUT2D eigenvalue weighted by atomic mass is 10.1. The van der Waals surface area contributed by atoms with E-state index in [4.69, 9.17) is 4.74 Å². The highest BCUT2D eigenvalue weighted by Gasteiger charge is 2.24. The Labute approximate surface area is 239 Å². The van der Waals surface area contributed by atoms with Crippen LogP contribution < -0.4 is 20.8 Å². The fourth-order valence-corrected chi connectivity index (χ4v) is 5.38. The van der Waals surface area contributed by atoms with Gasteiger partial charge >= 0.3 is 0 Å². The van der Waals surface area contributed by atoms with Crippen LogP contribution in [0.1, 0.15) is 28.4 Å². The van der Waals surface area contributed by atoms with Gasteiger partial charge in [-0.3, -0.25) is 9.59 Å². The number of nitrogens with one attached hydrogen (secondary N) is 3. The minimum absolute atomic E-state index is 0.00784. The number of methoxy groups -OCH3 is 1. The maximum absolute atomic E-state index is 13.2. The number of hydrogen-bond acceptors (Lipinski definition) is 7. The SMILES string of the molecule is COc1c(NCC(=O)N/N=C(/C)c2ccc(NC(=O)c3ccccc3)cc2)cccc1S(=O)(=O)c1ccc(C)cc1. The maximum atomic E-state index is 13.2. The summed E-state index contributed by atoms with van der Waals surface area (Å²) in [5.41, 5.74) is 6.29. The predicted octanol–water partition coefficient (Wildman–Crippen LogP) is 5.04. The summed E-state index contributed by atoms with van der Waals surface area (Å²) in [6, 6.07) is 27.2. The van der Waals surface area contributed by atoms with Gasteiger partial charge in [0, 0.05) is 11.3 Å². The number of benzene rings is 4. The van der Waals surface area contributed by atoms with Gasteiger partial charge < -0.3 is 15.4 Å². The molecule has 10 heteroatoms. The molecule has 0 aliphatic heterocycles. The predicted molar refractivity (Wildman–Crippen MR) is 159 cm³/mol. The number of rotatable bonds is 10. The highest BCUT2D eigenvalue weighted by Crippen LogP contribution is 2.35. The molecule has 0 aliphatic rings. The highest BCUT2D eigenvalue weighted by molar-refractivity contribution is 7.91. The summed E-state index contributed by atoms with van der Waals surface area (Å²) >= 11 is 0. The second-order valence-electron chi connectivity index (χ2n) is 9.14. The van der Waals surface area contributed by atoms with Gasteiger partial charge in [0.25, 0.3) is 11.8 Å². The molecule has 2 amide bonds. The van der Waals surface area contributed by atoms with Gasteiger partial charge in [0.1, 0.15) is 4.90 Å². The van der Waals surface area contributed by atoms with Gasteiger partial charge in [-0.1, -0.05) is 54.1 Å². The molecule has 0 heterocycles. The lowest BCUT2D eigenvalue weighted by molar-refractivity contribution is -0.119. The van der Waals surface area contributed by atoms with E-state index in [1.54, 1.807) is 91.9 Å². The first kappa shape index (κ1) is 29.0. The van der Waals surface area contributed by atoms with Crippen molar-refractivity contribution in [3.8, 4) is 5.75 Å². The molecule has 4 rings (SSSR count). The molecule has 0 fully saturated rings. The average Bonchev–Trinajstić information content (AvgIpc) is 2.99. The Morgan fingerprint density at radius 2 is 1.51 bits per heavy atom. The van der Waals surface area contributed by atoms with E-state index in [2.05, 4.69) is 21.2 Å². The summed E-state index contributed by atoms with van der Waals surface area (Å²) in [5.74, 6) is -0.539. The zero-order valence-electron chi connectivity index (χ0n) is 22.8. The van der Waals surface area contributed by atoms with Crippen LogP contribution in [0.2, 0.25) is 0 Å². The van der Waals surface area contributed by atoms with E-state index in [0.29, 0.717) is 22.6 Å². The van der Waals surface area contributed by atoms with Crippen molar-refractivity contribution >= 4 is 38.7 Å². The number of carbonyl (C=O) groups excluding carboxylic acids is 2. The summed E-state index contributed by atoms with van der Waals surface area (Å²) < 4.78 is 31.9. The summed E-state index contributed by atoms with van der Waals surface area (Å²) in [6.45, 7) is 3.45. The fraction of sp³-hybridized carbons (Fsp3) is 0.129. The normalized spacial score (nSPS) is 11.4. The molecule has 210 valence electrons. The number of hydrogen-bond donors (Lipinski definition) is 3. The summed E-state index contributed by atoms with van der Waals surface area (Å²) in [4.78, 5) is 25.0. The number of para-hydroxylation sites is 1. The van der Waals surface area contributed by atoms with E-state index in [-0.39, 0.29) is 28.0 Å². The van der Waals surface area contributed by atoms with Crippen molar-refractivity contribution in [1.29, 1.82) is 0 Å². The molecule has 9 nitrogen and oxygen atoms in total. The first-order valence-corrected chi connectivity index (χ1v) is 14.2. The molecule has 0 aromatic heterocycles. The van der Waals surface area contributed by atoms with Gasteiger partial charge in [0.2, 0.25) is 9.84 Å². The van der Waals surface area contributed by atoms with E-state index in [1.807, 2.05) is 13.0 Å². The van der Waals surface area contributed by atoms with Crippen molar-refractivity contribution in [3.63, 3.8) is 0 Å². The molecule has 0 bridgehead atoms. The smallest absolute Gasteiger partial charge is 0.259 e. The standard InChI is InChI=1S/C31H30N4O5S/c1-21-12-18-26(19-13-21)41(38,39)28-11-7-10-27(30(28)40-3)32-20-29(36)35-34-22(2)23-14-16-25(17-15-23)33-31(37)24-8-5-4-6-9-24/h4-19,32H,20H2,1-3H3,(H,33,37)(H,35,36)/b34-22-. The van der Waals surface area contributed by atoms with Crippen molar-refractivity contribution in [2.24, 2.45) is 5.10 Å². The topological polar surface area (TPSA) is 126 Å². The largest absolute Gasteiger partial charge is 0.493 e.